The molecule has 1 aromatic rings. The van der Waals surface area contributed by atoms with Gasteiger partial charge in [0.2, 0.25) is 0 Å². The molecule has 22 heavy (non-hydrogen) atoms. The number of amides is 1. The fourth-order valence-corrected chi connectivity index (χ4v) is 2.84. The third kappa shape index (κ3) is 6.03. The van der Waals surface area contributed by atoms with E-state index < -0.39 is 0 Å². The minimum atomic E-state index is -0.343. The molecule has 5 nitrogen and oxygen atoms in total. The number of hydrogen-bond acceptors (Lipinski definition) is 4. The van der Waals surface area contributed by atoms with Gasteiger partial charge in [-0.3, -0.25) is 0 Å². The Hall–Kier alpha value is -1.59. The molecule has 5 heteroatoms. The van der Waals surface area contributed by atoms with E-state index in [2.05, 4.69) is 10.6 Å². The van der Waals surface area contributed by atoms with Gasteiger partial charge in [0, 0.05) is 19.1 Å². The Kier molecular flexibility index (Phi) is 7.19. The second kappa shape index (κ2) is 9.43. The van der Waals surface area contributed by atoms with E-state index in [9.17, 15) is 4.79 Å². The van der Waals surface area contributed by atoms with Crippen LogP contribution >= 0.6 is 0 Å². The van der Waals surface area contributed by atoms with E-state index in [1.165, 1.54) is 0 Å². The summed E-state index contributed by atoms with van der Waals surface area (Å²) < 4.78 is 5.20. The lowest BCUT2D eigenvalue weighted by molar-refractivity contribution is 0.136. The predicted octanol–water partition coefficient (Wildman–Crippen LogP) is 2.05. The highest BCUT2D eigenvalue weighted by Gasteiger charge is 2.21. The molecule has 0 spiro atoms. The van der Waals surface area contributed by atoms with Gasteiger partial charge in [0.25, 0.3) is 0 Å². The van der Waals surface area contributed by atoms with Gasteiger partial charge in [-0.1, -0.05) is 30.3 Å². The van der Waals surface area contributed by atoms with Crippen molar-refractivity contribution in [3.63, 3.8) is 0 Å². The molecule has 122 valence electrons. The van der Waals surface area contributed by atoms with Crippen molar-refractivity contribution < 1.29 is 14.6 Å². The summed E-state index contributed by atoms with van der Waals surface area (Å²) in [5, 5.41) is 15.0. The molecular formula is C17H26N2O3. The van der Waals surface area contributed by atoms with E-state index in [4.69, 9.17) is 9.84 Å². The highest BCUT2D eigenvalue weighted by molar-refractivity contribution is 5.67. The van der Waals surface area contributed by atoms with Crippen molar-refractivity contribution in [1.29, 1.82) is 0 Å². The number of benzene rings is 1. The fraction of sp³-hybridized carbons (Fsp3) is 0.588. The quantitative estimate of drug-likeness (QED) is 0.721. The standard InChI is InChI=1S/C17H26N2O3/c20-11-10-18-16-8-6-14(7-9-16)12-19-17(21)22-13-15-4-2-1-3-5-15/h1-5,14,16,18,20H,6-13H2,(H,19,21). The van der Waals surface area contributed by atoms with Crippen LogP contribution in [0.5, 0.6) is 0 Å². The van der Waals surface area contributed by atoms with Crippen molar-refractivity contribution in [1.82, 2.24) is 10.6 Å². The van der Waals surface area contributed by atoms with Crippen molar-refractivity contribution in [2.24, 2.45) is 5.92 Å². The Bertz CT molecular complexity index is 431. The molecule has 1 saturated carbocycles. The largest absolute Gasteiger partial charge is 0.445 e. The van der Waals surface area contributed by atoms with Crippen molar-refractivity contribution in [2.75, 3.05) is 19.7 Å². The van der Waals surface area contributed by atoms with Crippen molar-refractivity contribution >= 4 is 6.09 Å². The van der Waals surface area contributed by atoms with Gasteiger partial charge in [0.1, 0.15) is 6.61 Å². The van der Waals surface area contributed by atoms with Gasteiger partial charge in [0.05, 0.1) is 6.61 Å². The number of nitrogens with one attached hydrogen (secondary N) is 2. The molecule has 2 rings (SSSR count). The van der Waals surface area contributed by atoms with Crippen LogP contribution in [0, 0.1) is 5.92 Å². The maximum atomic E-state index is 11.7. The molecule has 0 atom stereocenters. The van der Waals surface area contributed by atoms with Crippen LogP contribution in [0.1, 0.15) is 31.2 Å². The fourth-order valence-electron chi connectivity index (χ4n) is 2.84. The molecule has 1 fully saturated rings. The SMILES string of the molecule is O=C(NCC1CCC(NCCO)CC1)OCc1ccccc1. The lowest BCUT2D eigenvalue weighted by Gasteiger charge is -2.29. The Morgan fingerprint density at radius 2 is 1.91 bits per heavy atom. The van der Waals surface area contributed by atoms with Crippen molar-refractivity contribution in [3.8, 4) is 0 Å². The van der Waals surface area contributed by atoms with E-state index >= 15 is 0 Å². The van der Waals surface area contributed by atoms with Crippen molar-refractivity contribution in [2.45, 2.75) is 38.3 Å². The lowest BCUT2D eigenvalue weighted by atomic mass is 9.86. The Labute approximate surface area is 132 Å². The minimum Gasteiger partial charge on any atom is -0.445 e. The number of carbonyl (C=O) groups excluding carboxylic acids is 1. The summed E-state index contributed by atoms with van der Waals surface area (Å²) in [5.74, 6) is 0.524. The molecule has 0 saturated heterocycles. The zero-order valence-corrected chi connectivity index (χ0v) is 13.0. The van der Waals surface area contributed by atoms with Gasteiger partial charge in [-0.2, -0.15) is 0 Å². The number of hydrogen-bond donors (Lipinski definition) is 3. The molecule has 1 aromatic carbocycles. The summed E-state index contributed by atoms with van der Waals surface area (Å²) in [7, 11) is 0. The van der Waals surface area contributed by atoms with Crippen LogP contribution in [0.15, 0.2) is 30.3 Å². The number of ether oxygens (including phenoxy) is 1. The molecule has 3 N–H and O–H groups in total. The molecule has 0 aromatic heterocycles. The molecular weight excluding hydrogens is 280 g/mol. The maximum absolute atomic E-state index is 11.7. The second-order valence-corrected chi connectivity index (χ2v) is 5.84. The van der Waals surface area contributed by atoms with Gasteiger partial charge in [-0.05, 0) is 37.2 Å². The van der Waals surface area contributed by atoms with Gasteiger partial charge in [-0.25, -0.2) is 4.79 Å². The number of aliphatic hydroxyl groups excluding tert-OH is 1. The van der Waals surface area contributed by atoms with Crippen LogP contribution in [0.3, 0.4) is 0 Å². The highest BCUT2D eigenvalue weighted by Crippen LogP contribution is 2.23. The summed E-state index contributed by atoms with van der Waals surface area (Å²) in [5.41, 5.74) is 0.994. The van der Waals surface area contributed by atoms with Crippen LogP contribution in [0.2, 0.25) is 0 Å². The molecule has 1 aliphatic carbocycles. The summed E-state index contributed by atoms with van der Waals surface area (Å²) in [6.07, 6.45) is 4.06. The molecule has 0 unspecified atom stereocenters. The monoisotopic (exact) mass is 306 g/mol. The van der Waals surface area contributed by atoms with E-state index in [0.29, 0.717) is 31.7 Å². The molecule has 1 amide bonds. The van der Waals surface area contributed by atoms with Crippen LogP contribution in [-0.4, -0.2) is 36.9 Å². The molecule has 0 aliphatic heterocycles. The zero-order chi connectivity index (χ0) is 15.6. The maximum Gasteiger partial charge on any atom is 0.407 e. The van der Waals surface area contributed by atoms with Crippen LogP contribution in [-0.2, 0) is 11.3 Å². The summed E-state index contributed by atoms with van der Waals surface area (Å²) in [6, 6.07) is 10.2. The topological polar surface area (TPSA) is 70.6 Å². The first kappa shape index (κ1) is 16.8. The summed E-state index contributed by atoms with van der Waals surface area (Å²) in [4.78, 5) is 11.7. The highest BCUT2D eigenvalue weighted by atomic mass is 16.5. The predicted molar refractivity (Wildman–Crippen MR) is 85.5 cm³/mol. The molecule has 0 heterocycles. The minimum absolute atomic E-state index is 0.189. The van der Waals surface area contributed by atoms with E-state index in [1.807, 2.05) is 30.3 Å². The van der Waals surface area contributed by atoms with Crippen LogP contribution < -0.4 is 10.6 Å². The van der Waals surface area contributed by atoms with Crippen LogP contribution in [0.4, 0.5) is 4.79 Å². The Balaban J connectivity index is 1.57. The molecule has 1 aliphatic rings. The Morgan fingerprint density at radius 3 is 2.59 bits per heavy atom. The van der Waals surface area contributed by atoms with Gasteiger partial charge in [-0.15, -0.1) is 0 Å². The van der Waals surface area contributed by atoms with E-state index in [0.717, 1.165) is 31.2 Å². The third-order valence-electron chi connectivity index (χ3n) is 4.14. The third-order valence-corrected chi connectivity index (χ3v) is 4.14. The number of carbonyl (C=O) groups is 1. The van der Waals surface area contributed by atoms with Gasteiger partial charge in [0.15, 0.2) is 0 Å². The van der Waals surface area contributed by atoms with Crippen molar-refractivity contribution in [3.05, 3.63) is 35.9 Å². The Morgan fingerprint density at radius 1 is 1.18 bits per heavy atom. The first-order valence-electron chi connectivity index (χ1n) is 8.06. The summed E-state index contributed by atoms with van der Waals surface area (Å²) in [6.45, 7) is 1.85. The lowest BCUT2D eigenvalue weighted by Crippen LogP contribution is -2.38. The van der Waals surface area contributed by atoms with E-state index in [-0.39, 0.29) is 12.7 Å². The number of aliphatic hydroxyl groups is 1. The average molecular weight is 306 g/mol. The molecule has 0 radical (unpaired) electrons. The molecule has 0 bridgehead atoms. The zero-order valence-electron chi connectivity index (χ0n) is 13.0. The van der Waals surface area contributed by atoms with Gasteiger partial charge < -0.3 is 20.5 Å². The second-order valence-electron chi connectivity index (χ2n) is 5.84. The van der Waals surface area contributed by atoms with E-state index in [1.54, 1.807) is 0 Å². The smallest absolute Gasteiger partial charge is 0.407 e. The van der Waals surface area contributed by atoms with Gasteiger partial charge >= 0.3 is 6.09 Å². The first-order chi connectivity index (χ1) is 10.8. The van der Waals surface area contributed by atoms with Crippen LogP contribution in [0.25, 0.3) is 0 Å². The number of alkyl carbamates (subject to hydrolysis) is 1. The average Bonchev–Trinajstić information content (AvgIpc) is 2.58. The summed E-state index contributed by atoms with van der Waals surface area (Å²) >= 11 is 0. The number of rotatable bonds is 7. The first-order valence-corrected chi connectivity index (χ1v) is 8.06. The normalized spacial score (nSPS) is 21.3.